The Kier molecular flexibility index (Phi) is 13.2. The molecule has 3 nitrogen and oxygen atoms in total. The van der Waals surface area contributed by atoms with Gasteiger partial charge in [0, 0.05) is 0 Å². The van der Waals surface area contributed by atoms with Crippen LogP contribution in [0.3, 0.4) is 0 Å². The van der Waals surface area contributed by atoms with Crippen molar-refractivity contribution >= 4 is 0 Å². The fraction of sp³-hybridized carbons (Fsp3) is 1.00. The molecule has 0 saturated carbocycles. The summed E-state index contributed by atoms with van der Waals surface area (Å²) >= 11 is 0. The van der Waals surface area contributed by atoms with Crippen LogP contribution in [0.15, 0.2) is 0 Å². The first-order valence-corrected chi connectivity index (χ1v) is 7.61. The number of unbranched alkanes of at least 4 members (excludes halogenated alkanes) is 7. The third-order valence-electron chi connectivity index (χ3n) is 3.16. The van der Waals surface area contributed by atoms with E-state index in [2.05, 4.69) is 6.92 Å². The van der Waals surface area contributed by atoms with Gasteiger partial charge in [-0.25, -0.2) is 0 Å². The van der Waals surface area contributed by atoms with E-state index < -0.39 is 6.10 Å². The van der Waals surface area contributed by atoms with E-state index in [1.54, 1.807) is 6.92 Å². The molecular formula is C15H32O3. The minimum Gasteiger partial charge on any atom is -0.394 e. The zero-order valence-electron chi connectivity index (χ0n) is 12.2. The maximum absolute atomic E-state index is 9.13. The van der Waals surface area contributed by atoms with E-state index in [1.165, 1.54) is 44.9 Å². The second kappa shape index (κ2) is 13.3. The quantitative estimate of drug-likeness (QED) is 0.500. The van der Waals surface area contributed by atoms with Crippen LogP contribution >= 0.6 is 0 Å². The van der Waals surface area contributed by atoms with Crippen LogP contribution in [-0.2, 0) is 4.74 Å². The van der Waals surface area contributed by atoms with Crippen molar-refractivity contribution in [2.45, 2.75) is 83.8 Å². The molecule has 0 saturated heterocycles. The summed E-state index contributed by atoms with van der Waals surface area (Å²) in [6.07, 6.45) is 10.7. The lowest BCUT2D eigenvalue weighted by atomic mass is 10.1. The molecule has 2 unspecified atom stereocenters. The van der Waals surface area contributed by atoms with E-state index in [-0.39, 0.29) is 12.7 Å². The Morgan fingerprint density at radius 2 is 1.50 bits per heavy atom. The summed E-state index contributed by atoms with van der Waals surface area (Å²) in [6.45, 7) is 4.32. The number of hydrogen-bond donors (Lipinski definition) is 2. The zero-order valence-corrected chi connectivity index (χ0v) is 12.2. The minimum atomic E-state index is -0.447. The Hall–Kier alpha value is -0.120. The highest BCUT2D eigenvalue weighted by Gasteiger charge is 2.08. The summed E-state index contributed by atoms with van der Waals surface area (Å²) in [7, 11) is 0. The van der Waals surface area contributed by atoms with Gasteiger partial charge in [0.05, 0.1) is 25.4 Å². The lowest BCUT2D eigenvalue weighted by Crippen LogP contribution is -2.22. The van der Waals surface area contributed by atoms with Crippen molar-refractivity contribution in [1.82, 2.24) is 0 Å². The zero-order chi connectivity index (χ0) is 13.6. The van der Waals surface area contributed by atoms with Gasteiger partial charge in [0.2, 0.25) is 0 Å². The van der Waals surface area contributed by atoms with Gasteiger partial charge in [0.25, 0.3) is 0 Å². The van der Waals surface area contributed by atoms with Crippen molar-refractivity contribution in [1.29, 1.82) is 0 Å². The Morgan fingerprint density at radius 1 is 0.944 bits per heavy atom. The summed E-state index contributed by atoms with van der Waals surface area (Å²) in [4.78, 5) is 0. The Balaban J connectivity index is 3.28. The summed E-state index contributed by atoms with van der Waals surface area (Å²) in [6, 6.07) is 0. The van der Waals surface area contributed by atoms with Gasteiger partial charge >= 0.3 is 0 Å². The molecule has 0 aromatic heterocycles. The summed E-state index contributed by atoms with van der Waals surface area (Å²) < 4.78 is 5.41. The van der Waals surface area contributed by atoms with Gasteiger partial charge in [0.1, 0.15) is 0 Å². The molecule has 0 amide bonds. The average molecular weight is 260 g/mol. The fourth-order valence-corrected chi connectivity index (χ4v) is 2.01. The Bertz CT molecular complexity index is 160. The number of aliphatic hydroxyl groups excluding tert-OH is 2. The van der Waals surface area contributed by atoms with Crippen molar-refractivity contribution < 1.29 is 14.9 Å². The van der Waals surface area contributed by atoms with Gasteiger partial charge < -0.3 is 14.9 Å². The normalized spacial score (nSPS) is 14.7. The predicted molar refractivity (Wildman–Crippen MR) is 75.7 cm³/mol. The molecule has 110 valence electrons. The fourth-order valence-electron chi connectivity index (χ4n) is 2.01. The third kappa shape index (κ3) is 12.3. The first-order valence-electron chi connectivity index (χ1n) is 7.61. The van der Waals surface area contributed by atoms with Crippen molar-refractivity contribution in [2.75, 3.05) is 13.2 Å². The van der Waals surface area contributed by atoms with Gasteiger partial charge in [-0.05, 0) is 13.3 Å². The van der Waals surface area contributed by atoms with Gasteiger partial charge in [-0.2, -0.15) is 0 Å². The predicted octanol–water partition coefficient (Wildman–Crippen LogP) is 3.28. The molecule has 0 radical (unpaired) electrons. The topological polar surface area (TPSA) is 49.7 Å². The summed E-state index contributed by atoms with van der Waals surface area (Å²) in [5.41, 5.74) is 0. The van der Waals surface area contributed by atoms with Gasteiger partial charge in [-0.3, -0.25) is 0 Å². The second-order valence-corrected chi connectivity index (χ2v) is 5.25. The third-order valence-corrected chi connectivity index (χ3v) is 3.16. The van der Waals surface area contributed by atoms with Gasteiger partial charge in [-0.15, -0.1) is 0 Å². The Labute approximate surface area is 113 Å². The summed E-state index contributed by atoms with van der Waals surface area (Å²) in [5, 5.41) is 18.2. The highest BCUT2D eigenvalue weighted by Crippen LogP contribution is 2.11. The molecule has 0 rings (SSSR count). The molecule has 0 aliphatic heterocycles. The Morgan fingerprint density at radius 3 is 2.00 bits per heavy atom. The molecule has 0 aliphatic rings. The average Bonchev–Trinajstić information content (AvgIpc) is 2.36. The molecule has 0 aromatic carbocycles. The van der Waals surface area contributed by atoms with E-state index >= 15 is 0 Å². The van der Waals surface area contributed by atoms with Crippen molar-refractivity contribution in [3.63, 3.8) is 0 Å². The molecule has 2 atom stereocenters. The van der Waals surface area contributed by atoms with Gasteiger partial charge in [0.15, 0.2) is 0 Å². The van der Waals surface area contributed by atoms with Crippen LogP contribution in [0, 0.1) is 0 Å². The van der Waals surface area contributed by atoms with Crippen LogP contribution < -0.4 is 0 Å². The highest BCUT2D eigenvalue weighted by atomic mass is 16.5. The van der Waals surface area contributed by atoms with Crippen molar-refractivity contribution in [2.24, 2.45) is 0 Å². The van der Waals surface area contributed by atoms with Crippen molar-refractivity contribution in [3.05, 3.63) is 0 Å². The van der Waals surface area contributed by atoms with E-state index in [4.69, 9.17) is 14.9 Å². The lowest BCUT2D eigenvalue weighted by Gasteiger charge is -2.16. The van der Waals surface area contributed by atoms with E-state index in [0.717, 1.165) is 12.8 Å². The second-order valence-electron chi connectivity index (χ2n) is 5.25. The van der Waals surface area contributed by atoms with Crippen LogP contribution in [0.1, 0.15) is 71.6 Å². The lowest BCUT2D eigenvalue weighted by molar-refractivity contribution is -0.0310. The summed E-state index contributed by atoms with van der Waals surface area (Å²) in [5.74, 6) is 0. The number of ether oxygens (including phenoxy) is 1. The maximum Gasteiger partial charge on any atom is 0.0807 e. The molecule has 0 aliphatic carbocycles. The van der Waals surface area contributed by atoms with Crippen LogP contribution in [-0.4, -0.2) is 35.6 Å². The van der Waals surface area contributed by atoms with Crippen LogP contribution in [0.5, 0.6) is 0 Å². The van der Waals surface area contributed by atoms with Crippen LogP contribution in [0.2, 0.25) is 0 Å². The molecule has 0 spiro atoms. The molecule has 0 bridgehead atoms. The highest BCUT2D eigenvalue weighted by molar-refractivity contribution is 4.58. The number of rotatable bonds is 13. The molecular weight excluding hydrogens is 228 g/mol. The molecule has 0 fully saturated rings. The molecule has 0 heterocycles. The largest absolute Gasteiger partial charge is 0.394 e. The van der Waals surface area contributed by atoms with Gasteiger partial charge in [-0.1, -0.05) is 58.3 Å². The maximum atomic E-state index is 9.13. The first-order chi connectivity index (χ1) is 8.70. The molecule has 18 heavy (non-hydrogen) atoms. The van der Waals surface area contributed by atoms with E-state index in [1.807, 2.05) is 0 Å². The smallest absolute Gasteiger partial charge is 0.0807 e. The molecule has 0 aromatic rings. The molecule has 3 heteroatoms. The SMILES string of the molecule is CCCCCCCCCCC(CO)OCC(C)O. The first kappa shape index (κ1) is 17.9. The number of aliphatic hydroxyl groups is 2. The van der Waals surface area contributed by atoms with E-state index in [0.29, 0.717) is 6.61 Å². The standard InChI is InChI=1S/C15H32O3/c1-3-4-5-6-7-8-9-10-11-15(12-16)18-13-14(2)17/h14-17H,3-13H2,1-2H3. The minimum absolute atomic E-state index is 0.0588. The van der Waals surface area contributed by atoms with Crippen LogP contribution in [0.25, 0.3) is 0 Å². The molecule has 2 N–H and O–H groups in total. The van der Waals surface area contributed by atoms with Crippen molar-refractivity contribution in [3.8, 4) is 0 Å². The van der Waals surface area contributed by atoms with E-state index in [9.17, 15) is 0 Å². The number of hydrogen-bond acceptors (Lipinski definition) is 3. The monoisotopic (exact) mass is 260 g/mol. The van der Waals surface area contributed by atoms with Crippen LogP contribution in [0.4, 0.5) is 0 Å².